The summed E-state index contributed by atoms with van der Waals surface area (Å²) in [5.41, 5.74) is 0.428. The molecule has 4 rings (SSSR count). The summed E-state index contributed by atoms with van der Waals surface area (Å²) in [5, 5.41) is 0.788. The second-order valence-corrected chi connectivity index (χ2v) is 7.50. The molecule has 1 aromatic carbocycles. The van der Waals surface area contributed by atoms with Gasteiger partial charge in [0.1, 0.15) is 5.82 Å². The standard InChI is InChI=1S/C19H18Cl2N4O2/c20-13-9-14(21)11-15(10-13)25-18(26)12-16(19(25)27)23-5-7-24(8-6-23)17-3-1-2-4-22-17/h1-4,9-11,16H,5-8,12H2. The monoisotopic (exact) mass is 404 g/mol. The number of piperazine rings is 1. The fourth-order valence-electron chi connectivity index (χ4n) is 3.64. The Morgan fingerprint density at radius 2 is 1.67 bits per heavy atom. The van der Waals surface area contributed by atoms with Crippen LogP contribution >= 0.6 is 23.2 Å². The van der Waals surface area contributed by atoms with E-state index in [2.05, 4.69) is 14.8 Å². The topological polar surface area (TPSA) is 56.8 Å². The van der Waals surface area contributed by atoms with Crippen molar-refractivity contribution in [2.24, 2.45) is 0 Å². The third kappa shape index (κ3) is 3.65. The lowest BCUT2D eigenvalue weighted by Gasteiger charge is -2.37. The SMILES string of the molecule is O=C1CC(N2CCN(c3ccccn3)CC2)C(=O)N1c1cc(Cl)cc(Cl)c1. The fourth-order valence-corrected chi connectivity index (χ4v) is 4.16. The maximum Gasteiger partial charge on any atom is 0.251 e. The highest BCUT2D eigenvalue weighted by Gasteiger charge is 2.43. The maximum absolute atomic E-state index is 12.9. The van der Waals surface area contributed by atoms with Gasteiger partial charge in [0.15, 0.2) is 0 Å². The highest BCUT2D eigenvalue weighted by molar-refractivity contribution is 6.35. The zero-order chi connectivity index (χ0) is 19.0. The predicted molar refractivity (Wildman–Crippen MR) is 105 cm³/mol. The average Bonchev–Trinajstić information content (AvgIpc) is 2.96. The zero-order valence-electron chi connectivity index (χ0n) is 14.5. The van der Waals surface area contributed by atoms with Gasteiger partial charge in [0.2, 0.25) is 5.91 Å². The van der Waals surface area contributed by atoms with E-state index >= 15 is 0 Å². The molecule has 2 aliphatic heterocycles. The smallest absolute Gasteiger partial charge is 0.251 e. The molecular weight excluding hydrogens is 387 g/mol. The quantitative estimate of drug-likeness (QED) is 0.736. The molecule has 0 spiro atoms. The van der Waals surface area contributed by atoms with Crippen molar-refractivity contribution in [3.8, 4) is 0 Å². The van der Waals surface area contributed by atoms with E-state index < -0.39 is 6.04 Å². The molecule has 1 unspecified atom stereocenters. The zero-order valence-corrected chi connectivity index (χ0v) is 16.0. The lowest BCUT2D eigenvalue weighted by molar-refractivity contribution is -0.123. The van der Waals surface area contributed by atoms with Gasteiger partial charge in [0.05, 0.1) is 18.2 Å². The Kier molecular flexibility index (Phi) is 5.04. The Balaban J connectivity index is 1.46. The summed E-state index contributed by atoms with van der Waals surface area (Å²) in [4.78, 5) is 35.3. The third-order valence-electron chi connectivity index (χ3n) is 4.96. The van der Waals surface area contributed by atoms with Crippen LogP contribution in [0.3, 0.4) is 0 Å². The van der Waals surface area contributed by atoms with Crippen LogP contribution in [0.2, 0.25) is 10.0 Å². The Bertz CT molecular complexity index is 849. The van der Waals surface area contributed by atoms with Crippen molar-refractivity contribution in [3.63, 3.8) is 0 Å². The minimum atomic E-state index is -0.443. The second kappa shape index (κ2) is 7.46. The highest BCUT2D eigenvalue weighted by atomic mass is 35.5. The molecule has 0 N–H and O–H groups in total. The van der Waals surface area contributed by atoms with E-state index in [0.29, 0.717) is 28.8 Å². The Morgan fingerprint density at radius 1 is 0.963 bits per heavy atom. The molecule has 0 radical (unpaired) electrons. The first-order chi connectivity index (χ1) is 13.0. The Morgan fingerprint density at radius 3 is 2.30 bits per heavy atom. The van der Waals surface area contributed by atoms with Crippen molar-refractivity contribution >= 4 is 46.5 Å². The number of halogens is 2. The van der Waals surface area contributed by atoms with E-state index in [4.69, 9.17) is 23.2 Å². The largest absolute Gasteiger partial charge is 0.354 e. The number of aromatic nitrogens is 1. The highest BCUT2D eigenvalue weighted by Crippen LogP contribution is 2.31. The molecular formula is C19H18Cl2N4O2. The molecule has 2 aromatic rings. The van der Waals surface area contributed by atoms with Gasteiger partial charge in [-0.15, -0.1) is 0 Å². The number of anilines is 2. The minimum absolute atomic E-state index is 0.173. The molecule has 2 amide bonds. The number of hydrogen-bond acceptors (Lipinski definition) is 5. The fraction of sp³-hybridized carbons (Fsp3) is 0.316. The van der Waals surface area contributed by atoms with Crippen LogP contribution < -0.4 is 9.80 Å². The number of hydrogen-bond donors (Lipinski definition) is 0. The molecule has 0 saturated carbocycles. The van der Waals surface area contributed by atoms with Gasteiger partial charge >= 0.3 is 0 Å². The molecule has 6 nitrogen and oxygen atoms in total. The number of amides is 2. The van der Waals surface area contributed by atoms with Crippen molar-refractivity contribution in [2.45, 2.75) is 12.5 Å². The van der Waals surface area contributed by atoms with Gasteiger partial charge in [0, 0.05) is 42.4 Å². The molecule has 3 heterocycles. The lowest BCUT2D eigenvalue weighted by atomic mass is 10.1. The maximum atomic E-state index is 12.9. The summed E-state index contributed by atoms with van der Waals surface area (Å²) in [5.74, 6) is 0.487. The van der Waals surface area contributed by atoms with Crippen LogP contribution in [0.1, 0.15) is 6.42 Å². The van der Waals surface area contributed by atoms with E-state index in [1.54, 1.807) is 24.4 Å². The van der Waals surface area contributed by atoms with Crippen LogP contribution in [0, 0.1) is 0 Å². The number of pyridine rings is 1. The summed E-state index contributed by atoms with van der Waals surface area (Å²) in [6.07, 6.45) is 1.95. The number of benzene rings is 1. The first kappa shape index (κ1) is 18.2. The Labute approximate surface area is 167 Å². The van der Waals surface area contributed by atoms with Gasteiger partial charge in [-0.05, 0) is 30.3 Å². The van der Waals surface area contributed by atoms with E-state index in [1.165, 1.54) is 4.90 Å². The number of carbonyl (C=O) groups excluding carboxylic acids is 2. The van der Waals surface area contributed by atoms with E-state index in [0.717, 1.165) is 18.9 Å². The van der Waals surface area contributed by atoms with Crippen molar-refractivity contribution in [1.29, 1.82) is 0 Å². The summed E-state index contributed by atoms with van der Waals surface area (Å²) in [7, 11) is 0. The van der Waals surface area contributed by atoms with Gasteiger partial charge in [-0.25, -0.2) is 9.88 Å². The van der Waals surface area contributed by atoms with E-state index in [1.807, 2.05) is 18.2 Å². The van der Waals surface area contributed by atoms with Gasteiger partial charge in [-0.2, -0.15) is 0 Å². The summed E-state index contributed by atoms with van der Waals surface area (Å²) < 4.78 is 0. The number of imide groups is 1. The van der Waals surface area contributed by atoms with E-state index in [-0.39, 0.29) is 18.2 Å². The van der Waals surface area contributed by atoms with Crippen LogP contribution in [0.25, 0.3) is 0 Å². The van der Waals surface area contributed by atoms with Gasteiger partial charge in [-0.3, -0.25) is 14.5 Å². The summed E-state index contributed by atoms with van der Waals surface area (Å²) in [6.45, 7) is 2.92. The molecule has 0 bridgehead atoms. The first-order valence-electron chi connectivity index (χ1n) is 8.76. The molecule has 2 saturated heterocycles. The molecule has 8 heteroatoms. The number of carbonyl (C=O) groups is 2. The van der Waals surface area contributed by atoms with Gasteiger partial charge in [-0.1, -0.05) is 29.3 Å². The normalized spacial score (nSPS) is 21.2. The van der Waals surface area contributed by atoms with E-state index in [9.17, 15) is 9.59 Å². The summed E-state index contributed by atoms with van der Waals surface area (Å²) in [6, 6.07) is 10.1. The number of nitrogens with zero attached hydrogens (tertiary/aromatic N) is 4. The third-order valence-corrected chi connectivity index (χ3v) is 5.39. The molecule has 2 aliphatic rings. The van der Waals surface area contributed by atoms with Crippen LogP contribution in [0.4, 0.5) is 11.5 Å². The molecule has 140 valence electrons. The number of rotatable bonds is 3. The van der Waals surface area contributed by atoms with Gasteiger partial charge in [0.25, 0.3) is 5.91 Å². The molecule has 1 atom stereocenters. The van der Waals surface area contributed by atoms with Crippen molar-refractivity contribution in [1.82, 2.24) is 9.88 Å². The molecule has 2 fully saturated rings. The first-order valence-corrected chi connectivity index (χ1v) is 9.51. The second-order valence-electron chi connectivity index (χ2n) is 6.63. The van der Waals surface area contributed by atoms with Crippen LogP contribution in [0.5, 0.6) is 0 Å². The van der Waals surface area contributed by atoms with Crippen LogP contribution in [0.15, 0.2) is 42.6 Å². The lowest BCUT2D eigenvalue weighted by Crippen LogP contribution is -2.52. The average molecular weight is 405 g/mol. The van der Waals surface area contributed by atoms with Crippen molar-refractivity contribution in [3.05, 3.63) is 52.6 Å². The van der Waals surface area contributed by atoms with Crippen LogP contribution in [-0.4, -0.2) is 53.9 Å². The van der Waals surface area contributed by atoms with Gasteiger partial charge < -0.3 is 4.90 Å². The molecule has 27 heavy (non-hydrogen) atoms. The minimum Gasteiger partial charge on any atom is -0.354 e. The summed E-state index contributed by atoms with van der Waals surface area (Å²) >= 11 is 12.1. The Hall–Kier alpha value is -2.15. The van der Waals surface area contributed by atoms with Crippen molar-refractivity contribution < 1.29 is 9.59 Å². The predicted octanol–water partition coefficient (Wildman–Crippen LogP) is 2.84. The molecule has 1 aromatic heterocycles. The molecule has 0 aliphatic carbocycles. The van der Waals surface area contributed by atoms with Crippen LogP contribution in [-0.2, 0) is 9.59 Å². The van der Waals surface area contributed by atoms with Crippen molar-refractivity contribution in [2.75, 3.05) is 36.0 Å².